The van der Waals surface area contributed by atoms with Crippen molar-refractivity contribution >= 4 is 28.9 Å². The number of anilines is 1. The third kappa shape index (κ3) is 5.39. The van der Waals surface area contributed by atoms with Crippen LogP contribution in [0.4, 0.5) is 5.69 Å². The van der Waals surface area contributed by atoms with Crippen LogP contribution in [0.15, 0.2) is 65.4 Å². The highest BCUT2D eigenvalue weighted by molar-refractivity contribution is 7.07. The molecule has 0 saturated heterocycles. The number of nitrogens with two attached hydrogens (primary N) is 1. The van der Waals surface area contributed by atoms with E-state index in [-0.39, 0.29) is 11.9 Å². The standard InChI is InChI=1S/C24H26N4O3S/c25-24(26)27-12-9-17-5-7-19(8-6-17)30-13-10-22-23(29)28(15-18-11-14-32-16-18)20-3-1-2-4-21(20)31-22/h1-8,11,14,16,22H,9-10,12-13,15H2,(H4,25,26,27). The van der Waals surface area contributed by atoms with Gasteiger partial charge in [0.1, 0.15) is 11.5 Å². The maximum Gasteiger partial charge on any atom is 0.268 e. The van der Waals surface area contributed by atoms with Gasteiger partial charge in [0, 0.05) is 13.0 Å². The van der Waals surface area contributed by atoms with E-state index in [1.807, 2.05) is 60.0 Å². The molecular formula is C24H26N4O3S. The minimum atomic E-state index is -0.583. The predicted octanol–water partition coefficient (Wildman–Crippen LogP) is 3.54. The van der Waals surface area contributed by atoms with Crippen LogP contribution >= 0.6 is 11.3 Å². The molecule has 1 amide bonds. The van der Waals surface area contributed by atoms with E-state index in [2.05, 4.69) is 10.7 Å². The van der Waals surface area contributed by atoms with Crippen molar-refractivity contribution in [3.05, 3.63) is 76.5 Å². The third-order valence-electron chi connectivity index (χ3n) is 5.19. The summed E-state index contributed by atoms with van der Waals surface area (Å²) in [6.07, 6.45) is 0.641. The Morgan fingerprint density at radius 3 is 2.72 bits per heavy atom. The molecule has 1 aliphatic rings. The fourth-order valence-electron chi connectivity index (χ4n) is 3.56. The van der Waals surface area contributed by atoms with Crippen LogP contribution in [0.5, 0.6) is 11.5 Å². The van der Waals surface area contributed by atoms with E-state index in [4.69, 9.17) is 20.6 Å². The van der Waals surface area contributed by atoms with Crippen molar-refractivity contribution in [2.45, 2.75) is 25.5 Å². The van der Waals surface area contributed by atoms with Crippen LogP contribution in [0.25, 0.3) is 0 Å². The van der Waals surface area contributed by atoms with Gasteiger partial charge in [-0.25, -0.2) is 0 Å². The van der Waals surface area contributed by atoms with E-state index in [9.17, 15) is 4.79 Å². The van der Waals surface area contributed by atoms with Gasteiger partial charge in [-0.1, -0.05) is 24.3 Å². The molecule has 0 aliphatic carbocycles. The quantitative estimate of drug-likeness (QED) is 0.342. The van der Waals surface area contributed by atoms with E-state index in [1.54, 1.807) is 16.2 Å². The van der Waals surface area contributed by atoms with Crippen LogP contribution < -0.4 is 25.4 Å². The number of nitrogens with one attached hydrogen (secondary N) is 2. The summed E-state index contributed by atoms with van der Waals surface area (Å²) < 4.78 is 11.9. The Hall–Kier alpha value is -3.52. The number of hydrogen-bond acceptors (Lipinski definition) is 5. The van der Waals surface area contributed by atoms with Crippen LogP contribution in [0.2, 0.25) is 0 Å². The van der Waals surface area contributed by atoms with Crippen LogP contribution in [0.1, 0.15) is 17.5 Å². The van der Waals surface area contributed by atoms with E-state index >= 15 is 0 Å². The van der Waals surface area contributed by atoms with Crippen molar-refractivity contribution in [2.24, 2.45) is 5.73 Å². The number of carbonyl (C=O) groups excluding carboxylic acids is 1. The van der Waals surface area contributed by atoms with Crippen LogP contribution in [-0.4, -0.2) is 31.1 Å². The van der Waals surface area contributed by atoms with E-state index in [1.165, 1.54) is 0 Å². The first-order chi connectivity index (χ1) is 15.6. The molecule has 166 valence electrons. The molecule has 1 aliphatic heterocycles. The average Bonchev–Trinajstić information content (AvgIpc) is 3.30. The first kappa shape index (κ1) is 21.7. The molecule has 8 heteroatoms. The number of hydrogen-bond donors (Lipinski definition) is 3. The molecule has 1 aromatic heterocycles. The van der Waals surface area contributed by atoms with E-state index < -0.39 is 6.10 Å². The molecule has 0 radical (unpaired) electrons. The second kappa shape index (κ2) is 10.2. The van der Waals surface area contributed by atoms with Crippen molar-refractivity contribution in [1.29, 1.82) is 5.41 Å². The van der Waals surface area contributed by atoms with Gasteiger partial charge in [0.2, 0.25) is 0 Å². The van der Waals surface area contributed by atoms with Crippen molar-refractivity contribution in [3.63, 3.8) is 0 Å². The largest absolute Gasteiger partial charge is 0.493 e. The van der Waals surface area contributed by atoms with Gasteiger partial charge in [0.05, 0.1) is 18.8 Å². The molecule has 4 rings (SSSR count). The molecule has 0 saturated carbocycles. The molecule has 4 N–H and O–H groups in total. The number of nitrogens with zero attached hydrogens (tertiary/aromatic N) is 1. The van der Waals surface area contributed by atoms with Crippen molar-refractivity contribution in [3.8, 4) is 11.5 Å². The minimum Gasteiger partial charge on any atom is -0.493 e. The van der Waals surface area contributed by atoms with E-state index in [0.29, 0.717) is 26.1 Å². The highest BCUT2D eigenvalue weighted by Crippen LogP contribution is 2.35. The lowest BCUT2D eigenvalue weighted by Crippen LogP contribution is -2.46. The number of para-hydroxylation sites is 2. The third-order valence-corrected chi connectivity index (χ3v) is 5.92. The van der Waals surface area contributed by atoms with Gasteiger partial charge in [-0.3, -0.25) is 10.2 Å². The molecule has 2 aromatic carbocycles. The Bertz CT molecular complexity index is 1050. The second-order valence-corrected chi connectivity index (χ2v) is 8.28. The predicted molar refractivity (Wildman–Crippen MR) is 127 cm³/mol. The van der Waals surface area contributed by atoms with Gasteiger partial charge >= 0.3 is 0 Å². The number of thiophene rings is 1. The number of rotatable bonds is 9. The summed E-state index contributed by atoms with van der Waals surface area (Å²) >= 11 is 1.62. The topological polar surface area (TPSA) is 101 Å². The van der Waals surface area contributed by atoms with Crippen molar-refractivity contribution < 1.29 is 14.3 Å². The van der Waals surface area contributed by atoms with Gasteiger partial charge in [-0.15, -0.1) is 0 Å². The molecule has 3 aromatic rings. The molecule has 0 spiro atoms. The van der Waals surface area contributed by atoms with Crippen LogP contribution in [-0.2, 0) is 17.8 Å². The molecule has 1 atom stereocenters. The zero-order chi connectivity index (χ0) is 22.3. The fourth-order valence-corrected chi connectivity index (χ4v) is 4.22. The Morgan fingerprint density at radius 1 is 1.16 bits per heavy atom. The molecule has 0 bridgehead atoms. The Labute approximate surface area is 191 Å². The fraction of sp³-hybridized carbons (Fsp3) is 0.250. The SMILES string of the molecule is N=C(N)NCCc1ccc(OCCC2Oc3ccccc3N(Cc3ccsc3)C2=O)cc1. The lowest BCUT2D eigenvalue weighted by molar-refractivity contribution is -0.127. The Balaban J connectivity index is 1.34. The summed E-state index contributed by atoms with van der Waals surface area (Å²) in [5.74, 6) is 1.38. The first-order valence-corrected chi connectivity index (χ1v) is 11.4. The summed E-state index contributed by atoms with van der Waals surface area (Å²) in [7, 11) is 0. The monoisotopic (exact) mass is 450 g/mol. The van der Waals surface area contributed by atoms with Crippen LogP contribution in [0.3, 0.4) is 0 Å². The summed E-state index contributed by atoms with van der Waals surface area (Å²) in [5, 5.41) is 14.0. The number of amides is 1. The number of fused-ring (bicyclic) bond motifs is 1. The maximum atomic E-state index is 13.2. The molecule has 0 fully saturated rings. The molecule has 1 unspecified atom stereocenters. The van der Waals surface area contributed by atoms with E-state index in [0.717, 1.165) is 34.7 Å². The molecular weight excluding hydrogens is 424 g/mol. The summed E-state index contributed by atoms with van der Waals surface area (Å²) in [5.41, 5.74) is 8.32. The summed E-state index contributed by atoms with van der Waals surface area (Å²) in [4.78, 5) is 15.0. The highest BCUT2D eigenvalue weighted by Gasteiger charge is 2.34. The maximum absolute atomic E-state index is 13.2. The summed E-state index contributed by atoms with van der Waals surface area (Å²) in [6, 6.07) is 17.5. The molecule has 2 heterocycles. The van der Waals surface area contributed by atoms with Crippen LogP contribution in [0, 0.1) is 5.41 Å². The van der Waals surface area contributed by atoms with Gasteiger partial charge < -0.3 is 25.4 Å². The highest BCUT2D eigenvalue weighted by atomic mass is 32.1. The normalized spacial score (nSPS) is 15.1. The number of carbonyl (C=O) groups is 1. The molecule has 32 heavy (non-hydrogen) atoms. The average molecular weight is 451 g/mol. The summed E-state index contributed by atoms with van der Waals surface area (Å²) in [6.45, 7) is 1.51. The lowest BCUT2D eigenvalue weighted by atomic mass is 10.1. The zero-order valence-corrected chi connectivity index (χ0v) is 18.4. The Kier molecular flexibility index (Phi) is 6.91. The van der Waals surface area contributed by atoms with Gasteiger partial charge in [-0.2, -0.15) is 11.3 Å². The van der Waals surface area contributed by atoms with Crippen molar-refractivity contribution in [2.75, 3.05) is 18.1 Å². The van der Waals surface area contributed by atoms with Gasteiger partial charge in [0.25, 0.3) is 5.91 Å². The Morgan fingerprint density at radius 2 is 1.97 bits per heavy atom. The first-order valence-electron chi connectivity index (χ1n) is 10.5. The lowest BCUT2D eigenvalue weighted by Gasteiger charge is -2.34. The smallest absolute Gasteiger partial charge is 0.268 e. The number of benzene rings is 2. The van der Waals surface area contributed by atoms with Crippen molar-refractivity contribution in [1.82, 2.24) is 5.32 Å². The number of guanidine groups is 1. The van der Waals surface area contributed by atoms with Gasteiger partial charge in [-0.05, 0) is 58.6 Å². The second-order valence-electron chi connectivity index (χ2n) is 7.50. The minimum absolute atomic E-state index is 0.0269. The van der Waals surface area contributed by atoms with Gasteiger partial charge in [0.15, 0.2) is 12.1 Å². The molecule has 7 nitrogen and oxygen atoms in total. The number of ether oxygens (including phenoxy) is 2. The zero-order valence-electron chi connectivity index (χ0n) is 17.6.